The number of likely N-dealkylation sites (tertiary alicyclic amines) is 1. The molecule has 2 fully saturated rings. The molecule has 4 aliphatic rings. The minimum atomic E-state index is -1.26. The number of benzene rings is 2. The first-order valence-corrected chi connectivity index (χ1v) is 14.7. The number of carbonyl (C=O) groups is 3. The number of hydrogen-bond donors (Lipinski definition) is 4. The molecule has 0 spiro atoms. The third-order valence-electron chi connectivity index (χ3n) is 9.54. The maximum atomic E-state index is 14.0. The maximum absolute atomic E-state index is 14.0. The maximum Gasteiger partial charge on any atom is 0.255 e. The number of rotatable bonds is 5. The number of aliphatic hydroxyl groups is 2. The normalized spacial score (nSPS) is 26.3. The van der Waals surface area contributed by atoms with E-state index in [0.717, 1.165) is 36.3 Å². The van der Waals surface area contributed by atoms with E-state index in [-0.39, 0.29) is 22.6 Å². The van der Waals surface area contributed by atoms with Crippen molar-refractivity contribution in [3.05, 3.63) is 70.0 Å². The van der Waals surface area contributed by atoms with Crippen molar-refractivity contribution in [2.45, 2.75) is 44.7 Å². The Hall–Kier alpha value is -3.95. The summed E-state index contributed by atoms with van der Waals surface area (Å²) in [6, 6.07) is 10.9. The van der Waals surface area contributed by atoms with Crippen LogP contribution in [0.5, 0.6) is 5.75 Å². The Morgan fingerprint density at radius 3 is 2.45 bits per heavy atom. The van der Waals surface area contributed by atoms with Crippen LogP contribution in [0.3, 0.4) is 0 Å². The van der Waals surface area contributed by atoms with E-state index in [1.54, 1.807) is 19.0 Å². The highest BCUT2D eigenvalue weighted by Crippen LogP contribution is 2.51. The molecule has 9 heteroatoms. The molecule has 0 aromatic heterocycles. The van der Waals surface area contributed by atoms with Crippen LogP contribution in [0.4, 0.5) is 0 Å². The van der Waals surface area contributed by atoms with Crippen molar-refractivity contribution < 1.29 is 29.7 Å². The van der Waals surface area contributed by atoms with E-state index >= 15 is 0 Å². The molecule has 42 heavy (non-hydrogen) atoms. The zero-order valence-electron chi connectivity index (χ0n) is 24.0. The lowest BCUT2D eigenvalue weighted by Gasteiger charge is -2.46. The van der Waals surface area contributed by atoms with Crippen molar-refractivity contribution in [3.8, 4) is 16.9 Å². The second kappa shape index (κ2) is 10.7. The van der Waals surface area contributed by atoms with Gasteiger partial charge in [0.1, 0.15) is 22.8 Å². The number of likely N-dealkylation sites (N-methyl/N-ethyl adjacent to an activating group) is 1. The number of hydrogen-bond acceptors (Lipinski definition) is 8. The smallest absolute Gasteiger partial charge is 0.255 e. The molecule has 220 valence electrons. The summed E-state index contributed by atoms with van der Waals surface area (Å²) in [5.74, 6) is -5.70. The fourth-order valence-electron chi connectivity index (χ4n) is 7.75. The summed E-state index contributed by atoms with van der Waals surface area (Å²) in [7, 11) is 3.42. The summed E-state index contributed by atoms with van der Waals surface area (Å²) in [5.41, 5.74) is 8.93. The number of amides is 1. The van der Waals surface area contributed by atoms with Crippen molar-refractivity contribution in [2.75, 3.05) is 27.2 Å². The van der Waals surface area contributed by atoms with Gasteiger partial charge in [-0.3, -0.25) is 24.2 Å². The Morgan fingerprint density at radius 1 is 1.02 bits per heavy atom. The number of primary amides is 1. The van der Waals surface area contributed by atoms with E-state index in [0.29, 0.717) is 12.8 Å². The molecule has 1 amide bonds. The molecule has 5 N–H and O–H groups in total. The van der Waals surface area contributed by atoms with Gasteiger partial charge in [-0.15, -0.1) is 0 Å². The first kappa shape index (κ1) is 28.2. The number of fused-ring (bicyclic) bond motifs is 3. The highest BCUT2D eigenvalue weighted by atomic mass is 16.3. The molecular weight excluding hydrogens is 534 g/mol. The number of Topliss-reactive ketones (excluding diaryl/α,β-unsaturated/α-hetero) is 2. The van der Waals surface area contributed by atoms with Crippen LogP contribution >= 0.6 is 0 Å². The topological polar surface area (TPSA) is 144 Å². The van der Waals surface area contributed by atoms with Crippen LogP contribution in [0.1, 0.15) is 42.4 Å². The number of aliphatic hydroxyl groups excluding tert-OH is 2. The van der Waals surface area contributed by atoms with Gasteiger partial charge in [-0.25, -0.2) is 0 Å². The number of piperidine rings is 1. The number of nitrogens with two attached hydrogens (primary N) is 1. The van der Waals surface area contributed by atoms with Gasteiger partial charge in [0.2, 0.25) is 0 Å². The molecule has 2 aromatic rings. The second-order valence-corrected chi connectivity index (χ2v) is 12.3. The zero-order valence-corrected chi connectivity index (χ0v) is 24.0. The number of phenols is 1. The van der Waals surface area contributed by atoms with Crippen molar-refractivity contribution in [1.29, 1.82) is 0 Å². The quantitative estimate of drug-likeness (QED) is 0.315. The monoisotopic (exact) mass is 571 g/mol. The van der Waals surface area contributed by atoms with Gasteiger partial charge < -0.3 is 21.1 Å². The molecule has 3 aliphatic carbocycles. The van der Waals surface area contributed by atoms with Crippen LogP contribution in [0, 0.1) is 17.8 Å². The summed E-state index contributed by atoms with van der Waals surface area (Å²) < 4.78 is 0. The molecule has 1 heterocycles. The largest absolute Gasteiger partial charge is 0.510 e. The summed E-state index contributed by atoms with van der Waals surface area (Å²) >= 11 is 0. The number of nitrogens with zero attached hydrogens (tertiary/aromatic N) is 2. The molecule has 6 rings (SSSR count). The van der Waals surface area contributed by atoms with Gasteiger partial charge in [-0.1, -0.05) is 30.7 Å². The Morgan fingerprint density at radius 2 is 1.76 bits per heavy atom. The summed E-state index contributed by atoms with van der Waals surface area (Å²) in [6.07, 6.45) is 4.37. The van der Waals surface area contributed by atoms with Crippen LogP contribution < -0.4 is 5.73 Å². The SMILES string of the molecule is CN(C)[C@@H]1C(O)=C(C(N)=O)C(=O)C2C(=O)C3=C(O)c4c(O)ccc(-c5cccc(CN6CCCCC6)c5)c4CC3CC21. The van der Waals surface area contributed by atoms with E-state index < -0.39 is 52.6 Å². The molecule has 1 aliphatic heterocycles. The average Bonchev–Trinajstić information content (AvgIpc) is 2.93. The van der Waals surface area contributed by atoms with Gasteiger partial charge in [-0.2, -0.15) is 0 Å². The first-order chi connectivity index (χ1) is 20.1. The van der Waals surface area contributed by atoms with E-state index in [1.807, 2.05) is 18.2 Å². The molecule has 1 saturated carbocycles. The van der Waals surface area contributed by atoms with E-state index in [4.69, 9.17) is 5.73 Å². The summed E-state index contributed by atoms with van der Waals surface area (Å²) in [5, 5.41) is 33.4. The Kier molecular flexibility index (Phi) is 7.19. The Balaban J connectivity index is 1.42. The van der Waals surface area contributed by atoms with Crippen LogP contribution in [-0.2, 0) is 27.3 Å². The van der Waals surface area contributed by atoms with Gasteiger partial charge >= 0.3 is 0 Å². The minimum absolute atomic E-state index is 0.0890. The first-order valence-electron chi connectivity index (χ1n) is 14.7. The highest BCUT2D eigenvalue weighted by molar-refractivity contribution is 6.28. The van der Waals surface area contributed by atoms with Gasteiger partial charge in [-0.05, 0) is 99.1 Å². The van der Waals surface area contributed by atoms with Crippen molar-refractivity contribution in [3.63, 3.8) is 0 Å². The standard InChI is InChI=1S/C33H37N3O6/c1-35(2)28-22-15-19-14-21-20(18-8-6-7-17(13-18)16-36-11-4-3-5-12-36)9-10-23(37)25(21)29(38)24(19)30(39)26(22)31(40)27(32(28)41)33(34)42/h6-10,13,19,22,26,28,37-38,41H,3-5,11-12,14-16H2,1-2H3,(H2,34,42)/t19?,22?,26?,28-/m0/s1. The number of allylic oxidation sites excluding steroid dienone is 1. The molecule has 0 bridgehead atoms. The van der Waals surface area contributed by atoms with Crippen molar-refractivity contribution in [1.82, 2.24) is 9.80 Å². The van der Waals surface area contributed by atoms with Crippen LogP contribution in [0.15, 0.2) is 53.3 Å². The number of carbonyl (C=O) groups excluding carboxylic acids is 3. The lowest BCUT2D eigenvalue weighted by atomic mass is 9.59. The number of phenolic OH excluding ortho intramolecular Hbond substituents is 1. The molecule has 0 radical (unpaired) electrons. The molecule has 9 nitrogen and oxygen atoms in total. The molecule has 1 saturated heterocycles. The number of aromatic hydroxyl groups is 1. The summed E-state index contributed by atoms with van der Waals surface area (Å²) in [6.45, 7) is 3.02. The zero-order chi connectivity index (χ0) is 29.9. The van der Waals surface area contributed by atoms with Gasteiger partial charge in [0.05, 0.1) is 17.5 Å². The van der Waals surface area contributed by atoms with Crippen LogP contribution in [0.25, 0.3) is 16.9 Å². The average molecular weight is 572 g/mol. The fourth-order valence-corrected chi connectivity index (χ4v) is 7.75. The highest BCUT2D eigenvalue weighted by Gasteiger charge is 2.55. The van der Waals surface area contributed by atoms with E-state index in [9.17, 15) is 29.7 Å². The van der Waals surface area contributed by atoms with Crippen LogP contribution in [-0.4, -0.2) is 75.8 Å². The minimum Gasteiger partial charge on any atom is -0.510 e. The third kappa shape index (κ3) is 4.51. The van der Waals surface area contributed by atoms with E-state index in [1.165, 1.54) is 30.9 Å². The van der Waals surface area contributed by atoms with Crippen LogP contribution in [0.2, 0.25) is 0 Å². The predicted molar refractivity (Wildman–Crippen MR) is 157 cm³/mol. The molecule has 3 unspecified atom stereocenters. The Labute approximate surface area is 244 Å². The summed E-state index contributed by atoms with van der Waals surface area (Å²) in [4.78, 5) is 43.6. The molecule has 4 atom stereocenters. The van der Waals surface area contributed by atoms with E-state index in [2.05, 4.69) is 17.0 Å². The molecule has 2 aromatic carbocycles. The Bertz CT molecular complexity index is 1550. The van der Waals surface area contributed by atoms with Crippen molar-refractivity contribution >= 4 is 23.2 Å². The lowest BCUT2D eigenvalue weighted by Crippen LogP contribution is -2.55. The third-order valence-corrected chi connectivity index (χ3v) is 9.54. The number of ketones is 2. The predicted octanol–water partition coefficient (Wildman–Crippen LogP) is 3.50. The van der Waals surface area contributed by atoms with Gasteiger partial charge in [0.25, 0.3) is 5.91 Å². The molecular formula is C33H37N3O6. The van der Waals surface area contributed by atoms with Gasteiger partial charge in [0, 0.05) is 12.1 Å². The van der Waals surface area contributed by atoms with Gasteiger partial charge in [0.15, 0.2) is 11.6 Å². The second-order valence-electron chi connectivity index (χ2n) is 12.3. The fraction of sp³-hybridized carbons (Fsp3) is 0.424. The van der Waals surface area contributed by atoms with Crippen molar-refractivity contribution in [2.24, 2.45) is 23.5 Å². The lowest BCUT2D eigenvalue weighted by molar-refractivity contribution is -0.136.